The van der Waals surface area contributed by atoms with Crippen molar-refractivity contribution in [3.8, 4) is 0 Å². The molecule has 0 aliphatic heterocycles. The summed E-state index contributed by atoms with van der Waals surface area (Å²) in [6.07, 6.45) is 4.39. The van der Waals surface area contributed by atoms with Crippen molar-refractivity contribution in [1.82, 2.24) is 9.97 Å². The Morgan fingerprint density at radius 1 is 1.64 bits per heavy atom. The zero-order valence-corrected chi connectivity index (χ0v) is 9.17. The zero-order valence-electron chi connectivity index (χ0n) is 8.42. The van der Waals surface area contributed by atoms with Gasteiger partial charge in [-0.05, 0) is 17.8 Å². The van der Waals surface area contributed by atoms with Gasteiger partial charge >= 0.3 is 0 Å². The molecule has 1 N–H and O–H groups in total. The average Bonchev–Trinajstić information content (AvgIpc) is 2.73. The molecule has 1 fully saturated rings. The van der Waals surface area contributed by atoms with Gasteiger partial charge in [0.1, 0.15) is 17.2 Å². The smallest absolute Gasteiger partial charge is 0.148 e. The molecule has 1 aromatic heterocycles. The number of halogens is 1. The Hall–Kier alpha value is -0.830. The molecule has 3 nitrogen and oxygen atoms in total. The van der Waals surface area contributed by atoms with Crippen molar-refractivity contribution < 1.29 is 0 Å². The minimum absolute atomic E-state index is 0.493. The molecular formula is C10H14ClN3. The van der Waals surface area contributed by atoms with Crippen molar-refractivity contribution in [2.24, 2.45) is 11.3 Å². The van der Waals surface area contributed by atoms with Crippen LogP contribution in [0.3, 0.4) is 0 Å². The molecule has 0 bridgehead atoms. The molecule has 0 spiro atoms. The Balaban J connectivity index is 1.90. The Morgan fingerprint density at radius 3 is 2.93 bits per heavy atom. The summed E-state index contributed by atoms with van der Waals surface area (Å²) in [5.41, 5.74) is 0.493. The van der Waals surface area contributed by atoms with Crippen molar-refractivity contribution in [3.63, 3.8) is 0 Å². The van der Waals surface area contributed by atoms with E-state index in [4.69, 9.17) is 11.6 Å². The fourth-order valence-electron chi connectivity index (χ4n) is 1.59. The molecule has 1 atom stereocenters. The van der Waals surface area contributed by atoms with E-state index in [-0.39, 0.29) is 0 Å². The predicted molar refractivity (Wildman–Crippen MR) is 57.4 cm³/mol. The van der Waals surface area contributed by atoms with Crippen molar-refractivity contribution in [2.45, 2.75) is 20.3 Å². The van der Waals surface area contributed by atoms with Gasteiger partial charge in [0.15, 0.2) is 0 Å². The minimum atomic E-state index is 0.493. The summed E-state index contributed by atoms with van der Waals surface area (Å²) in [5.74, 6) is 1.48. The van der Waals surface area contributed by atoms with Crippen LogP contribution in [0.5, 0.6) is 0 Å². The highest BCUT2D eigenvalue weighted by Crippen LogP contribution is 2.51. The summed E-state index contributed by atoms with van der Waals surface area (Å²) < 4.78 is 0. The SMILES string of the molecule is CC1(C)CC1CNc1ncncc1Cl. The van der Waals surface area contributed by atoms with E-state index in [0.717, 1.165) is 18.3 Å². The normalized spacial score (nSPS) is 23.2. The molecular weight excluding hydrogens is 198 g/mol. The Morgan fingerprint density at radius 2 is 2.36 bits per heavy atom. The molecule has 1 heterocycles. The number of nitrogens with one attached hydrogen (secondary N) is 1. The highest BCUT2D eigenvalue weighted by atomic mass is 35.5. The van der Waals surface area contributed by atoms with Gasteiger partial charge in [0, 0.05) is 6.54 Å². The number of nitrogens with zero attached hydrogens (tertiary/aromatic N) is 2. The van der Waals surface area contributed by atoms with Crippen LogP contribution in [0.2, 0.25) is 5.02 Å². The lowest BCUT2D eigenvalue weighted by molar-refractivity contribution is 0.573. The molecule has 1 aromatic rings. The molecule has 4 heteroatoms. The van der Waals surface area contributed by atoms with E-state index >= 15 is 0 Å². The minimum Gasteiger partial charge on any atom is -0.368 e. The fraction of sp³-hybridized carbons (Fsp3) is 0.600. The summed E-state index contributed by atoms with van der Waals surface area (Å²) in [6, 6.07) is 0. The molecule has 2 rings (SSSR count). The first-order valence-electron chi connectivity index (χ1n) is 4.79. The van der Waals surface area contributed by atoms with E-state index in [1.165, 1.54) is 12.7 Å². The Kier molecular flexibility index (Phi) is 2.35. The summed E-state index contributed by atoms with van der Waals surface area (Å²) in [7, 11) is 0. The molecule has 0 aromatic carbocycles. The average molecular weight is 212 g/mol. The monoisotopic (exact) mass is 211 g/mol. The third-order valence-corrected chi connectivity index (χ3v) is 3.18. The quantitative estimate of drug-likeness (QED) is 0.835. The molecule has 1 aliphatic rings. The van der Waals surface area contributed by atoms with Gasteiger partial charge in [0.05, 0.1) is 6.20 Å². The van der Waals surface area contributed by atoms with E-state index in [1.807, 2.05) is 0 Å². The van der Waals surface area contributed by atoms with Gasteiger partial charge in [-0.25, -0.2) is 9.97 Å². The molecule has 76 valence electrons. The van der Waals surface area contributed by atoms with Crippen LogP contribution in [0.1, 0.15) is 20.3 Å². The van der Waals surface area contributed by atoms with E-state index in [0.29, 0.717) is 10.4 Å². The van der Waals surface area contributed by atoms with Crippen LogP contribution in [0.4, 0.5) is 5.82 Å². The van der Waals surface area contributed by atoms with E-state index in [9.17, 15) is 0 Å². The van der Waals surface area contributed by atoms with E-state index in [2.05, 4.69) is 29.1 Å². The first-order valence-corrected chi connectivity index (χ1v) is 5.17. The fourth-order valence-corrected chi connectivity index (χ4v) is 1.76. The molecule has 1 saturated carbocycles. The van der Waals surface area contributed by atoms with Crippen LogP contribution < -0.4 is 5.32 Å². The number of rotatable bonds is 3. The van der Waals surface area contributed by atoms with Crippen LogP contribution >= 0.6 is 11.6 Å². The lowest BCUT2D eigenvalue weighted by atomic mass is 10.1. The first kappa shape index (κ1) is 9.71. The van der Waals surface area contributed by atoms with Gasteiger partial charge in [0.2, 0.25) is 0 Å². The van der Waals surface area contributed by atoms with Crippen LogP contribution in [0.15, 0.2) is 12.5 Å². The second-order valence-corrected chi connectivity index (χ2v) is 4.90. The highest BCUT2D eigenvalue weighted by Gasteiger charge is 2.45. The number of hydrogen-bond acceptors (Lipinski definition) is 3. The van der Waals surface area contributed by atoms with E-state index < -0.39 is 0 Å². The first-order chi connectivity index (χ1) is 6.59. The molecule has 0 amide bonds. The molecule has 0 saturated heterocycles. The second-order valence-electron chi connectivity index (χ2n) is 4.49. The summed E-state index contributed by atoms with van der Waals surface area (Å²) in [5, 5.41) is 3.84. The van der Waals surface area contributed by atoms with Crippen LogP contribution in [0, 0.1) is 11.3 Å². The maximum absolute atomic E-state index is 5.91. The number of anilines is 1. The third kappa shape index (κ3) is 1.98. The molecule has 0 radical (unpaired) electrons. The second kappa shape index (κ2) is 3.39. The Labute approximate surface area is 88.9 Å². The predicted octanol–water partition coefficient (Wildman–Crippen LogP) is 2.59. The Bertz CT molecular complexity index is 338. The van der Waals surface area contributed by atoms with Crippen molar-refractivity contribution in [3.05, 3.63) is 17.5 Å². The lowest BCUT2D eigenvalue weighted by Gasteiger charge is -2.07. The molecule has 14 heavy (non-hydrogen) atoms. The van der Waals surface area contributed by atoms with Crippen molar-refractivity contribution in [2.75, 3.05) is 11.9 Å². The van der Waals surface area contributed by atoms with Gasteiger partial charge in [-0.15, -0.1) is 0 Å². The van der Waals surface area contributed by atoms with E-state index in [1.54, 1.807) is 6.20 Å². The maximum Gasteiger partial charge on any atom is 0.148 e. The van der Waals surface area contributed by atoms with Gasteiger partial charge < -0.3 is 5.32 Å². The van der Waals surface area contributed by atoms with Gasteiger partial charge in [0.25, 0.3) is 0 Å². The van der Waals surface area contributed by atoms with Crippen LogP contribution in [-0.2, 0) is 0 Å². The van der Waals surface area contributed by atoms with Crippen LogP contribution in [-0.4, -0.2) is 16.5 Å². The van der Waals surface area contributed by atoms with Gasteiger partial charge in [-0.2, -0.15) is 0 Å². The van der Waals surface area contributed by atoms with Gasteiger partial charge in [-0.3, -0.25) is 0 Å². The van der Waals surface area contributed by atoms with Gasteiger partial charge in [-0.1, -0.05) is 25.4 Å². The van der Waals surface area contributed by atoms with Crippen molar-refractivity contribution >= 4 is 17.4 Å². The third-order valence-electron chi connectivity index (χ3n) is 2.90. The standard InChI is InChI=1S/C10H14ClN3/c1-10(2)3-7(10)4-13-9-8(11)5-12-6-14-9/h5-7H,3-4H2,1-2H3,(H,12,13,14). The number of hydrogen-bond donors (Lipinski definition) is 1. The van der Waals surface area contributed by atoms with Crippen molar-refractivity contribution in [1.29, 1.82) is 0 Å². The summed E-state index contributed by atoms with van der Waals surface area (Å²) in [4.78, 5) is 7.90. The molecule has 1 unspecified atom stereocenters. The topological polar surface area (TPSA) is 37.8 Å². The lowest BCUT2D eigenvalue weighted by Crippen LogP contribution is -2.08. The largest absolute Gasteiger partial charge is 0.368 e. The molecule has 1 aliphatic carbocycles. The summed E-state index contributed by atoms with van der Waals surface area (Å²) >= 11 is 5.91. The summed E-state index contributed by atoms with van der Waals surface area (Å²) in [6.45, 7) is 5.51. The highest BCUT2D eigenvalue weighted by molar-refractivity contribution is 6.32. The van der Waals surface area contributed by atoms with Crippen LogP contribution in [0.25, 0.3) is 0 Å². The maximum atomic E-state index is 5.91. The zero-order chi connectivity index (χ0) is 10.2. The number of aromatic nitrogens is 2.